The van der Waals surface area contributed by atoms with E-state index < -0.39 is 0 Å². The van der Waals surface area contributed by atoms with Crippen molar-refractivity contribution < 1.29 is 0 Å². The highest BCUT2D eigenvalue weighted by molar-refractivity contribution is 14.1. The molecule has 0 saturated carbocycles. The number of imidazole rings is 1. The van der Waals surface area contributed by atoms with Gasteiger partial charge in [0, 0.05) is 34.1 Å². The highest BCUT2D eigenvalue weighted by atomic mass is 127. The van der Waals surface area contributed by atoms with Crippen LogP contribution in [0.2, 0.25) is 0 Å². The van der Waals surface area contributed by atoms with E-state index in [1.807, 2.05) is 24.7 Å². The van der Waals surface area contributed by atoms with E-state index in [4.69, 9.17) is 0 Å². The van der Waals surface area contributed by atoms with Gasteiger partial charge in [0.15, 0.2) is 0 Å². The van der Waals surface area contributed by atoms with Crippen molar-refractivity contribution in [3.05, 3.63) is 37.1 Å². The molecule has 0 aromatic carbocycles. The van der Waals surface area contributed by atoms with E-state index in [-0.39, 0.29) is 0 Å². The van der Waals surface area contributed by atoms with E-state index in [1.54, 1.807) is 6.20 Å². The third-order valence-electron chi connectivity index (χ3n) is 3.03. The van der Waals surface area contributed by atoms with Gasteiger partial charge >= 0.3 is 0 Å². The lowest BCUT2D eigenvalue weighted by Gasteiger charge is -2.15. The molecular weight excluding hydrogens is 349 g/mol. The first-order valence-corrected chi connectivity index (χ1v) is 7.73. The fourth-order valence-electron chi connectivity index (χ4n) is 1.99. The first-order chi connectivity index (χ1) is 9.04. The van der Waals surface area contributed by atoms with Gasteiger partial charge in [-0.15, -0.1) is 0 Å². The number of hydrogen-bond donors (Lipinski definition) is 0. The van der Waals surface area contributed by atoms with Crippen molar-refractivity contribution in [3.8, 4) is 11.3 Å². The summed E-state index contributed by atoms with van der Waals surface area (Å²) < 4.78 is 2.58. The van der Waals surface area contributed by atoms with Crippen molar-refractivity contribution in [2.75, 3.05) is 0 Å². The molecule has 2 rings (SSSR count). The minimum atomic E-state index is 0.410. The second-order valence-electron chi connectivity index (χ2n) is 5.41. The molecule has 0 aliphatic rings. The van der Waals surface area contributed by atoms with Gasteiger partial charge in [-0.2, -0.15) is 0 Å². The number of nitrogens with zero attached hydrogens (tertiary/aromatic N) is 3. The molecule has 0 unspecified atom stereocenters. The topological polar surface area (TPSA) is 30.7 Å². The third-order valence-corrected chi connectivity index (χ3v) is 3.57. The van der Waals surface area contributed by atoms with E-state index in [0.717, 1.165) is 17.8 Å². The van der Waals surface area contributed by atoms with Crippen molar-refractivity contribution in [1.82, 2.24) is 14.5 Å². The zero-order chi connectivity index (χ0) is 13.7. The van der Waals surface area contributed by atoms with Gasteiger partial charge in [0.2, 0.25) is 0 Å². The van der Waals surface area contributed by atoms with Gasteiger partial charge < -0.3 is 4.57 Å². The Hall–Kier alpha value is -0.910. The van der Waals surface area contributed by atoms with Crippen LogP contribution in [0, 0.1) is 0 Å². The molecule has 2 aromatic heterocycles. The maximum atomic E-state index is 4.44. The first kappa shape index (κ1) is 14.5. The van der Waals surface area contributed by atoms with Gasteiger partial charge in [0.05, 0.1) is 12.0 Å². The highest BCUT2D eigenvalue weighted by Crippen LogP contribution is 2.24. The van der Waals surface area contributed by atoms with Crippen LogP contribution in [0.4, 0.5) is 0 Å². The molecule has 4 heteroatoms. The number of halogens is 1. The number of rotatable bonds is 6. The molecular formula is C15H20IN3. The Labute approximate surface area is 128 Å². The predicted octanol–water partition coefficient (Wildman–Crippen LogP) is 4.33. The molecule has 0 radical (unpaired) electrons. The largest absolute Gasteiger partial charge is 0.337 e. The van der Waals surface area contributed by atoms with E-state index >= 15 is 0 Å². The normalized spacial score (nSPS) is 11.7. The summed E-state index contributed by atoms with van der Waals surface area (Å²) in [7, 11) is 0. The quantitative estimate of drug-likeness (QED) is 0.431. The average Bonchev–Trinajstić information content (AvgIpc) is 2.83. The summed E-state index contributed by atoms with van der Waals surface area (Å²) in [6, 6.07) is 3.98. The van der Waals surface area contributed by atoms with Gasteiger partial charge in [-0.1, -0.05) is 42.9 Å². The van der Waals surface area contributed by atoms with Gasteiger partial charge in [0.1, 0.15) is 0 Å². The molecule has 0 spiro atoms. The van der Waals surface area contributed by atoms with Crippen LogP contribution in [0.25, 0.3) is 11.3 Å². The predicted molar refractivity (Wildman–Crippen MR) is 87.4 cm³/mol. The van der Waals surface area contributed by atoms with Crippen molar-refractivity contribution >= 4 is 22.6 Å². The van der Waals surface area contributed by atoms with Crippen LogP contribution >= 0.6 is 22.6 Å². The molecule has 0 amide bonds. The van der Waals surface area contributed by atoms with Crippen LogP contribution < -0.4 is 0 Å². The standard InChI is InChI=1S/C15H20IN3/c1-15(2,16)7-3-4-9-19-11-14(18-12-19)13-6-5-8-17-10-13/h5-6,8,10-12H,3-4,7,9H2,1-2H3. The molecule has 0 atom stereocenters. The monoisotopic (exact) mass is 369 g/mol. The molecule has 0 N–H and O–H groups in total. The number of aromatic nitrogens is 3. The van der Waals surface area contributed by atoms with Gasteiger partial charge in [0.25, 0.3) is 0 Å². The fourth-order valence-corrected chi connectivity index (χ4v) is 2.37. The van der Waals surface area contributed by atoms with Crippen LogP contribution in [0.3, 0.4) is 0 Å². The van der Waals surface area contributed by atoms with Crippen molar-refractivity contribution in [2.24, 2.45) is 0 Å². The van der Waals surface area contributed by atoms with E-state index in [0.29, 0.717) is 3.42 Å². The van der Waals surface area contributed by atoms with Crippen molar-refractivity contribution in [2.45, 2.75) is 43.1 Å². The van der Waals surface area contributed by atoms with E-state index in [9.17, 15) is 0 Å². The molecule has 0 bridgehead atoms. The van der Waals surface area contributed by atoms with Gasteiger partial charge in [-0.3, -0.25) is 4.98 Å². The summed E-state index contributed by atoms with van der Waals surface area (Å²) in [4.78, 5) is 8.56. The Morgan fingerprint density at radius 3 is 2.84 bits per heavy atom. The van der Waals surface area contributed by atoms with Crippen LogP contribution in [0.1, 0.15) is 33.1 Å². The Morgan fingerprint density at radius 1 is 1.32 bits per heavy atom. The van der Waals surface area contributed by atoms with Crippen LogP contribution in [-0.4, -0.2) is 18.0 Å². The molecule has 0 aliphatic heterocycles. The number of pyridine rings is 1. The lowest BCUT2D eigenvalue weighted by molar-refractivity contribution is 0.549. The Kier molecular flexibility index (Phi) is 4.96. The van der Waals surface area contributed by atoms with Crippen LogP contribution in [-0.2, 0) is 6.54 Å². The summed E-state index contributed by atoms with van der Waals surface area (Å²) in [6.45, 7) is 5.61. The number of alkyl halides is 1. The maximum absolute atomic E-state index is 4.44. The summed E-state index contributed by atoms with van der Waals surface area (Å²) in [5.41, 5.74) is 2.08. The smallest absolute Gasteiger partial charge is 0.0953 e. The third kappa shape index (κ3) is 4.93. The minimum Gasteiger partial charge on any atom is -0.337 e. The van der Waals surface area contributed by atoms with E-state index in [2.05, 4.69) is 57.2 Å². The number of unbranched alkanes of at least 4 members (excludes halogenated alkanes) is 1. The summed E-state index contributed by atoms with van der Waals surface area (Å²) in [5.74, 6) is 0. The number of aryl methyl sites for hydroxylation is 1. The van der Waals surface area contributed by atoms with Crippen LogP contribution in [0.5, 0.6) is 0 Å². The average molecular weight is 369 g/mol. The second-order valence-corrected chi connectivity index (χ2v) is 8.33. The van der Waals surface area contributed by atoms with Crippen LogP contribution in [0.15, 0.2) is 37.1 Å². The van der Waals surface area contributed by atoms with E-state index in [1.165, 1.54) is 19.3 Å². The number of hydrogen-bond acceptors (Lipinski definition) is 2. The zero-order valence-electron chi connectivity index (χ0n) is 11.5. The van der Waals surface area contributed by atoms with Gasteiger partial charge in [-0.05, 0) is 25.0 Å². The molecule has 2 aromatic rings. The maximum Gasteiger partial charge on any atom is 0.0953 e. The molecule has 102 valence electrons. The fraction of sp³-hybridized carbons (Fsp3) is 0.467. The van der Waals surface area contributed by atoms with Crippen molar-refractivity contribution in [3.63, 3.8) is 0 Å². The Morgan fingerprint density at radius 2 is 2.16 bits per heavy atom. The summed E-state index contributed by atoms with van der Waals surface area (Å²) in [5, 5.41) is 0. The minimum absolute atomic E-state index is 0.410. The summed E-state index contributed by atoms with van der Waals surface area (Å²) in [6.07, 6.45) is 11.4. The zero-order valence-corrected chi connectivity index (χ0v) is 13.7. The second kappa shape index (κ2) is 6.50. The van der Waals surface area contributed by atoms with Gasteiger partial charge in [-0.25, -0.2) is 4.98 Å². The molecule has 2 heterocycles. The first-order valence-electron chi connectivity index (χ1n) is 6.66. The summed E-state index contributed by atoms with van der Waals surface area (Å²) >= 11 is 2.52. The lowest BCUT2D eigenvalue weighted by Crippen LogP contribution is -2.08. The SMILES string of the molecule is CC(C)(I)CCCCn1cnc(-c2cccnc2)c1. The highest BCUT2D eigenvalue weighted by Gasteiger charge is 2.11. The molecule has 0 aliphatic carbocycles. The molecule has 19 heavy (non-hydrogen) atoms. The molecule has 3 nitrogen and oxygen atoms in total. The molecule has 0 fully saturated rings. The Balaban J connectivity index is 1.85. The molecule has 0 saturated heterocycles. The van der Waals surface area contributed by atoms with Crippen molar-refractivity contribution in [1.29, 1.82) is 0 Å². The lowest BCUT2D eigenvalue weighted by atomic mass is 10.1. The Bertz CT molecular complexity index is 500.